The van der Waals surface area contributed by atoms with Gasteiger partial charge in [0.2, 0.25) is 5.91 Å². The number of amides is 1. The number of thiazole rings is 1. The van der Waals surface area contributed by atoms with Crippen LogP contribution in [0.3, 0.4) is 0 Å². The largest absolute Gasteiger partial charge is 0.476 e. The van der Waals surface area contributed by atoms with Crippen molar-refractivity contribution < 1.29 is 44.6 Å². The number of benzene rings is 2. The molecule has 13 heteroatoms. The third kappa shape index (κ3) is 6.24. The van der Waals surface area contributed by atoms with E-state index in [1.807, 2.05) is 24.3 Å². The van der Waals surface area contributed by atoms with E-state index in [-0.39, 0.29) is 12.2 Å². The van der Waals surface area contributed by atoms with Gasteiger partial charge in [0.05, 0.1) is 41.0 Å². The molecule has 0 radical (unpaired) electrons. The number of hydrogen-bond acceptors (Lipinski definition) is 10. The lowest BCUT2D eigenvalue weighted by Crippen LogP contribution is -2.68. The van der Waals surface area contributed by atoms with Crippen LogP contribution in [0.25, 0.3) is 20.8 Å². The molecule has 1 amide bonds. The maximum atomic E-state index is 12.7. The highest BCUT2D eigenvalue weighted by atomic mass is 79.9. The topological polar surface area (TPSA) is 179 Å². The number of hydrogen-bond donors (Lipinski definition) is 6. The van der Waals surface area contributed by atoms with Gasteiger partial charge in [-0.1, -0.05) is 35.0 Å². The van der Waals surface area contributed by atoms with Crippen molar-refractivity contribution in [3.63, 3.8) is 0 Å². The Morgan fingerprint density at radius 3 is 2.69 bits per heavy atom. The molecule has 1 aliphatic rings. The Kier molecular flexibility index (Phi) is 9.21. The smallest absolute Gasteiger partial charge is 0.377 e. The lowest BCUT2D eigenvalue weighted by atomic mass is 9.88. The lowest BCUT2D eigenvalue weighted by molar-refractivity contribution is -0.284. The first-order chi connectivity index (χ1) is 18.6. The molecule has 1 aliphatic heterocycles. The number of aliphatic hydroxyl groups is 4. The number of carbonyl (C=O) groups is 2. The van der Waals surface area contributed by atoms with E-state index in [0.29, 0.717) is 21.5 Å². The van der Waals surface area contributed by atoms with E-state index in [9.17, 15) is 35.1 Å². The minimum absolute atomic E-state index is 0.0799. The van der Waals surface area contributed by atoms with Crippen molar-refractivity contribution in [2.24, 2.45) is 0 Å². The molecule has 210 valence electrons. The Morgan fingerprint density at radius 2 is 2.03 bits per heavy atom. The molecule has 3 aromatic rings. The maximum absolute atomic E-state index is 12.7. The van der Waals surface area contributed by atoms with Gasteiger partial charge in [-0.25, -0.2) is 9.78 Å². The highest BCUT2D eigenvalue weighted by molar-refractivity contribution is 9.10. The molecule has 0 bridgehead atoms. The minimum Gasteiger partial charge on any atom is -0.476 e. The van der Waals surface area contributed by atoms with E-state index >= 15 is 0 Å². The van der Waals surface area contributed by atoms with Crippen LogP contribution in [0.1, 0.15) is 26.2 Å². The van der Waals surface area contributed by atoms with Crippen LogP contribution in [-0.4, -0.2) is 85.2 Å². The van der Waals surface area contributed by atoms with Crippen molar-refractivity contribution in [3.05, 3.63) is 46.9 Å². The van der Waals surface area contributed by atoms with Gasteiger partial charge in [0.15, 0.2) is 0 Å². The molecule has 1 saturated heterocycles. The van der Waals surface area contributed by atoms with Crippen molar-refractivity contribution in [2.45, 2.75) is 62.4 Å². The average Bonchev–Trinajstić information content (AvgIpc) is 3.34. The van der Waals surface area contributed by atoms with Crippen LogP contribution in [0.15, 0.2) is 46.9 Å². The number of aromatic nitrogens is 1. The molecule has 1 fully saturated rings. The van der Waals surface area contributed by atoms with Crippen molar-refractivity contribution in [1.29, 1.82) is 0 Å². The molecule has 39 heavy (non-hydrogen) atoms. The number of carbonyl (C=O) groups excluding carboxylic acids is 1. The standard InChI is InChI=1S/C26H29BrN2O9S/c1-2-5-20(33)29-21-16(31)11-26(25(35)36,38-23(21)22(34)17(32)12-30)37-18-9-8-13(27)10-14(18)24-28-15-6-3-4-7-19(15)39-24/h3-4,6-10,16-17,21-23,30-32,34H,2,5,11-12H2,1H3,(H,29,33)(H,35,36). The van der Waals surface area contributed by atoms with Gasteiger partial charge in [-0.05, 0) is 36.8 Å². The summed E-state index contributed by atoms with van der Waals surface area (Å²) in [6.45, 7) is 0.905. The number of nitrogens with zero attached hydrogens (tertiary/aromatic N) is 1. The van der Waals surface area contributed by atoms with E-state index in [2.05, 4.69) is 26.2 Å². The maximum Gasteiger partial charge on any atom is 0.377 e. The summed E-state index contributed by atoms with van der Waals surface area (Å²) in [4.78, 5) is 29.6. The van der Waals surface area contributed by atoms with Crippen LogP contribution in [0, 0.1) is 0 Å². The molecule has 2 heterocycles. The molecule has 4 rings (SSSR count). The molecule has 6 unspecified atom stereocenters. The van der Waals surface area contributed by atoms with E-state index in [4.69, 9.17) is 9.47 Å². The van der Waals surface area contributed by atoms with E-state index in [1.165, 1.54) is 17.4 Å². The van der Waals surface area contributed by atoms with Gasteiger partial charge in [-0.2, -0.15) is 0 Å². The molecule has 0 spiro atoms. The average molecular weight is 625 g/mol. The summed E-state index contributed by atoms with van der Waals surface area (Å²) in [5.41, 5.74) is 1.20. The molecular formula is C26H29BrN2O9S. The number of aliphatic carboxylic acids is 1. The fourth-order valence-corrected chi connectivity index (χ4v) is 5.75. The highest BCUT2D eigenvalue weighted by Gasteiger charge is 2.57. The van der Waals surface area contributed by atoms with E-state index < -0.39 is 61.1 Å². The van der Waals surface area contributed by atoms with Gasteiger partial charge >= 0.3 is 11.8 Å². The van der Waals surface area contributed by atoms with E-state index in [0.717, 1.165) is 10.2 Å². The normalized spacial score (nSPS) is 24.7. The monoisotopic (exact) mass is 624 g/mol. The second-order valence-electron chi connectivity index (χ2n) is 9.23. The summed E-state index contributed by atoms with van der Waals surface area (Å²) in [6, 6.07) is 11.1. The first kappa shape index (κ1) is 29.3. The van der Waals surface area contributed by atoms with Gasteiger partial charge in [-0.15, -0.1) is 11.3 Å². The molecule has 0 aliphatic carbocycles. The number of carboxylic acid groups (broad SMARTS) is 1. The summed E-state index contributed by atoms with van der Waals surface area (Å²) in [6.07, 6.45) is -6.82. The second kappa shape index (κ2) is 12.3. The number of fused-ring (bicyclic) bond motifs is 1. The molecule has 1 aromatic heterocycles. The zero-order valence-electron chi connectivity index (χ0n) is 20.9. The Hall–Kier alpha value is -2.65. The zero-order valence-corrected chi connectivity index (χ0v) is 23.3. The van der Waals surface area contributed by atoms with Crippen molar-refractivity contribution in [1.82, 2.24) is 10.3 Å². The number of rotatable bonds is 10. The van der Waals surface area contributed by atoms with Crippen molar-refractivity contribution >= 4 is 49.4 Å². The quantitative estimate of drug-likeness (QED) is 0.195. The predicted octanol–water partition coefficient (Wildman–Crippen LogP) is 2.03. The summed E-state index contributed by atoms with van der Waals surface area (Å²) >= 11 is 4.79. The SMILES string of the molecule is CCCC(=O)NC1C(O)CC(Oc2ccc(Br)cc2-c2nc3ccccc3s2)(C(=O)O)OC1C(O)C(O)CO. The number of carboxylic acids is 1. The first-order valence-electron chi connectivity index (χ1n) is 12.3. The van der Waals surface area contributed by atoms with Crippen LogP contribution in [0.4, 0.5) is 0 Å². The third-order valence-corrected chi connectivity index (χ3v) is 7.92. The Morgan fingerprint density at radius 1 is 1.28 bits per heavy atom. The van der Waals surface area contributed by atoms with E-state index in [1.54, 1.807) is 19.1 Å². The summed E-state index contributed by atoms with van der Waals surface area (Å²) in [5.74, 6) is -4.51. The zero-order chi connectivity index (χ0) is 28.3. The molecule has 2 aromatic carbocycles. The summed E-state index contributed by atoms with van der Waals surface area (Å²) in [7, 11) is 0. The van der Waals surface area contributed by atoms with Gasteiger partial charge in [0.25, 0.3) is 0 Å². The van der Waals surface area contributed by atoms with Crippen LogP contribution in [0.5, 0.6) is 5.75 Å². The van der Waals surface area contributed by atoms with Gasteiger partial charge in [0, 0.05) is 10.9 Å². The predicted molar refractivity (Wildman–Crippen MR) is 145 cm³/mol. The summed E-state index contributed by atoms with van der Waals surface area (Å²) in [5, 5.41) is 54.7. The fourth-order valence-electron chi connectivity index (χ4n) is 4.41. The van der Waals surface area contributed by atoms with Gasteiger partial charge in [0.1, 0.15) is 29.1 Å². The minimum atomic E-state index is -2.52. The van der Waals surface area contributed by atoms with Crippen LogP contribution < -0.4 is 10.1 Å². The molecule has 6 atom stereocenters. The number of aliphatic hydroxyl groups excluding tert-OH is 4. The number of nitrogens with one attached hydrogen (secondary N) is 1. The molecular weight excluding hydrogens is 596 g/mol. The number of ether oxygens (including phenoxy) is 2. The molecule has 0 saturated carbocycles. The van der Waals surface area contributed by atoms with Crippen LogP contribution in [-0.2, 0) is 14.3 Å². The van der Waals surface area contributed by atoms with Crippen LogP contribution in [0.2, 0.25) is 0 Å². The Bertz CT molecular complexity index is 1300. The second-order valence-corrected chi connectivity index (χ2v) is 11.2. The lowest BCUT2D eigenvalue weighted by Gasteiger charge is -2.46. The Labute approximate surface area is 236 Å². The highest BCUT2D eigenvalue weighted by Crippen LogP contribution is 2.41. The van der Waals surface area contributed by atoms with Gasteiger partial charge in [-0.3, -0.25) is 4.79 Å². The number of para-hydroxylation sites is 1. The van der Waals surface area contributed by atoms with Crippen LogP contribution >= 0.6 is 27.3 Å². The van der Waals surface area contributed by atoms with Crippen molar-refractivity contribution in [3.8, 4) is 16.3 Å². The third-order valence-electron chi connectivity index (χ3n) is 6.36. The molecule has 11 nitrogen and oxygen atoms in total. The van der Waals surface area contributed by atoms with Gasteiger partial charge < -0.3 is 40.3 Å². The first-order valence-corrected chi connectivity index (χ1v) is 13.9. The number of halogens is 1. The van der Waals surface area contributed by atoms with Crippen molar-refractivity contribution in [2.75, 3.05) is 6.61 Å². The summed E-state index contributed by atoms with van der Waals surface area (Å²) < 4.78 is 13.4. The molecule has 6 N–H and O–H groups in total. The Balaban J connectivity index is 1.74. The fraction of sp³-hybridized carbons (Fsp3) is 0.423.